The maximum Gasteiger partial charge on any atom is 0.224 e. The van der Waals surface area contributed by atoms with Crippen LogP contribution in [0.4, 0.5) is 15.9 Å². The monoisotopic (exact) mass is 368 g/mol. The average Bonchev–Trinajstić information content (AvgIpc) is 2.65. The van der Waals surface area contributed by atoms with Crippen molar-refractivity contribution in [1.29, 1.82) is 0 Å². The fraction of sp³-hybridized carbons (Fsp3) is 0.200. The Bertz CT molecular complexity index is 917. The Morgan fingerprint density at radius 2 is 1.81 bits per heavy atom. The molecule has 0 unspecified atom stereocenters. The molecule has 0 atom stereocenters. The van der Waals surface area contributed by atoms with Crippen LogP contribution in [0.3, 0.4) is 0 Å². The third kappa shape index (κ3) is 3.69. The molecule has 6 heteroatoms. The van der Waals surface area contributed by atoms with Gasteiger partial charge in [0.1, 0.15) is 11.6 Å². The molecule has 0 spiro atoms. The minimum absolute atomic E-state index is 0.180. The second-order valence-electron chi connectivity index (χ2n) is 6.32. The summed E-state index contributed by atoms with van der Waals surface area (Å²) in [6, 6.07) is 16.9. The second-order valence-corrected chi connectivity index (χ2v) is 6.66. The van der Waals surface area contributed by atoms with Crippen molar-refractivity contribution >= 4 is 23.1 Å². The third-order valence-corrected chi connectivity index (χ3v) is 4.66. The van der Waals surface area contributed by atoms with Gasteiger partial charge in [-0.1, -0.05) is 42.5 Å². The Morgan fingerprint density at radius 1 is 1.04 bits per heavy atom. The summed E-state index contributed by atoms with van der Waals surface area (Å²) in [5, 5.41) is 3.27. The van der Waals surface area contributed by atoms with E-state index >= 15 is 0 Å². The number of nitrogens with zero attached hydrogens (tertiary/aromatic N) is 3. The lowest BCUT2D eigenvalue weighted by atomic mass is 10.0. The van der Waals surface area contributed by atoms with Crippen molar-refractivity contribution in [3.63, 3.8) is 0 Å². The highest BCUT2D eigenvalue weighted by Gasteiger charge is 2.23. The standard InChI is InChI=1S/C20H18ClFN4/c21-20-24-17-10-11-26(12-14-6-2-1-3-7-14)13-15(17)19(25-20)23-18-9-5-4-8-16(18)22/h1-9H,10-13H2,(H,23,24,25). The fourth-order valence-electron chi connectivity index (χ4n) is 3.21. The molecule has 0 radical (unpaired) electrons. The number of nitrogens with one attached hydrogen (secondary N) is 1. The third-order valence-electron chi connectivity index (χ3n) is 4.49. The van der Waals surface area contributed by atoms with Gasteiger partial charge in [0.2, 0.25) is 5.28 Å². The number of fused-ring (bicyclic) bond motifs is 1. The summed E-state index contributed by atoms with van der Waals surface area (Å²) >= 11 is 6.08. The van der Waals surface area contributed by atoms with Crippen LogP contribution in [0.5, 0.6) is 0 Å². The van der Waals surface area contributed by atoms with Gasteiger partial charge in [-0.15, -0.1) is 0 Å². The molecule has 1 aliphatic heterocycles. The molecule has 3 aromatic rings. The van der Waals surface area contributed by atoms with E-state index in [1.165, 1.54) is 11.6 Å². The van der Waals surface area contributed by atoms with Crippen LogP contribution in [0.1, 0.15) is 16.8 Å². The molecular weight excluding hydrogens is 351 g/mol. The first kappa shape index (κ1) is 16.9. The van der Waals surface area contributed by atoms with Gasteiger partial charge in [-0.05, 0) is 29.3 Å². The molecule has 0 amide bonds. The van der Waals surface area contributed by atoms with Gasteiger partial charge in [-0.2, -0.15) is 0 Å². The second kappa shape index (κ2) is 7.40. The molecule has 4 rings (SSSR count). The first-order valence-electron chi connectivity index (χ1n) is 8.52. The van der Waals surface area contributed by atoms with Crippen molar-refractivity contribution < 1.29 is 4.39 Å². The zero-order valence-electron chi connectivity index (χ0n) is 14.1. The van der Waals surface area contributed by atoms with Gasteiger partial charge in [-0.25, -0.2) is 14.4 Å². The van der Waals surface area contributed by atoms with Crippen molar-refractivity contribution in [2.24, 2.45) is 0 Å². The summed E-state index contributed by atoms with van der Waals surface area (Å²) in [7, 11) is 0. The van der Waals surface area contributed by atoms with Gasteiger partial charge in [0, 0.05) is 31.6 Å². The van der Waals surface area contributed by atoms with Crippen LogP contribution in [0.2, 0.25) is 5.28 Å². The zero-order valence-corrected chi connectivity index (χ0v) is 14.9. The summed E-state index contributed by atoms with van der Waals surface area (Å²) in [6.07, 6.45) is 0.788. The van der Waals surface area contributed by atoms with Crippen molar-refractivity contribution in [3.05, 3.63) is 82.5 Å². The van der Waals surface area contributed by atoms with E-state index < -0.39 is 0 Å². The largest absolute Gasteiger partial charge is 0.337 e. The highest BCUT2D eigenvalue weighted by atomic mass is 35.5. The Labute approximate surface area is 156 Å². The molecular formula is C20H18ClFN4. The minimum atomic E-state index is -0.326. The Hall–Kier alpha value is -2.50. The van der Waals surface area contributed by atoms with E-state index in [-0.39, 0.29) is 11.1 Å². The van der Waals surface area contributed by atoms with Gasteiger partial charge in [0.05, 0.1) is 11.4 Å². The van der Waals surface area contributed by atoms with Crippen molar-refractivity contribution in [2.75, 3.05) is 11.9 Å². The number of rotatable bonds is 4. The van der Waals surface area contributed by atoms with Gasteiger partial charge < -0.3 is 5.32 Å². The van der Waals surface area contributed by atoms with Crippen LogP contribution in [0.15, 0.2) is 54.6 Å². The normalized spacial score (nSPS) is 14.1. The molecule has 26 heavy (non-hydrogen) atoms. The fourth-order valence-corrected chi connectivity index (χ4v) is 3.40. The summed E-state index contributed by atoms with van der Waals surface area (Å²) < 4.78 is 14.0. The molecule has 0 saturated heterocycles. The lowest BCUT2D eigenvalue weighted by Gasteiger charge is -2.29. The van der Waals surface area contributed by atoms with Crippen LogP contribution in [-0.2, 0) is 19.5 Å². The van der Waals surface area contributed by atoms with E-state index in [0.717, 1.165) is 30.8 Å². The lowest BCUT2D eigenvalue weighted by Crippen LogP contribution is -2.31. The summed E-state index contributed by atoms with van der Waals surface area (Å²) in [5.74, 6) is 0.246. The quantitative estimate of drug-likeness (QED) is 0.685. The first-order chi connectivity index (χ1) is 12.7. The van der Waals surface area contributed by atoms with Crippen LogP contribution in [-0.4, -0.2) is 21.4 Å². The highest BCUT2D eigenvalue weighted by Crippen LogP contribution is 2.29. The number of para-hydroxylation sites is 1. The van der Waals surface area contributed by atoms with Gasteiger partial charge in [0.15, 0.2) is 0 Å². The number of halogens is 2. The first-order valence-corrected chi connectivity index (χ1v) is 8.90. The number of hydrogen-bond donors (Lipinski definition) is 1. The van der Waals surface area contributed by atoms with Crippen molar-refractivity contribution in [3.8, 4) is 0 Å². The van der Waals surface area contributed by atoms with Gasteiger partial charge >= 0.3 is 0 Å². The van der Waals surface area contributed by atoms with E-state index in [0.29, 0.717) is 18.1 Å². The smallest absolute Gasteiger partial charge is 0.224 e. The molecule has 1 N–H and O–H groups in total. The molecule has 0 fully saturated rings. The molecule has 0 aliphatic carbocycles. The maximum absolute atomic E-state index is 14.0. The number of hydrogen-bond acceptors (Lipinski definition) is 4. The highest BCUT2D eigenvalue weighted by molar-refractivity contribution is 6.28. The SMILES string of the molecule is Fc1ccccc1Nc1nc(Cl)nc2c1CN(Cc1ccccc1)CC2. The summed E-state index contributed by atoms with van der Waals surface area (Å²) in [5.41, 5.74) is 3.53. The number of benzene rings is 2. The number of aromatic nitrogens is 2. The van der Waals surface area contributed by atoms with E-state index in [1.807, 2.05) is 18.2 Å². The molecule has 0 saturated carbocycles. The summed E-state index contributed by atoms with van der Waals surface area (Å²) in [6.45, 7) is 2.44. The van der Waals surface area contributed by atoms with Crippen molar-refractivity contribution in [1.82, 2.24) is 14.9 Å². The molecule has 2 aromatic carbocycles. The lowest BCUT2D eigenvalue weighted by molar-refractivity contribution is 0.243. The minimum Gasteiger partial charge on any atom is -0.337 e. The molecule has 4 nitrogen and oxygen atoms in total. The Morgan fingerprint density at radius 3 is 2.62 bits per heavy atom. The van der Waals surface area contributed by atoms with Crippen LogP contribution in [0, 0.1) is 5.82 Å². The van der Waals surface area contributed by atoms with Gasteiger partial charge in [0.25, 0.3) is 0 Å². The Balaban J connectivity index is 1.61. The molecule has 132 valence electrons. The number of anilines is 2. The van der Waals surface area contributed by atoms with Gasteiger partial charge in [-0.3, -0.25) is 4.90 Å². The summed E-state index contributed by atoms with van der Waals surface area (Å²) in [4.78, 5) is 11.0. The maximum atomic E-state index is 14.0. The molecule has 1 aromatic heterocycles. The average molecular weight is 369 g/mol. The predicted molar refractivity (Wildman–Crippen MR) is 101 cm³/mol. The Kier molecular flexibility index (Phi) is 4.82. The molecule has 0 bridgehead atoms. The van der Waals surface area contributed by atoms with Crippen molar-refractivity contribution in [2.45, 2.75) is 19.5 Å². The predicted octanol–water partition coefficient (Wildman–Crippen LogP) is 4.57. The topological polar surface area (TPSA) is 41.1 Å². The van der Waals surface area contributed by atoms with E-state index in [1.54, 1.807) is 18.2 Å². The molecule has 1 aliphatic rings. The van der Waals surface area contributed by atoms with E-state index in [2.05, 4.69) is 32.3 Å². The molecule has 2 heterocycles. The van der Waals surface area contributed by atoms with E-state index in [9.17, 15) is 4.39 Å². The van der Waals surface area contributed by atoms with Crippen LogP contribution >= 0.6 is 11.6 Å². The van der Waals surface area contributed by atoms with Crippen LogP contribution in [0.25, 0.3) is 0 Å². The van der Waals surface area contributed by atoms with Crippen LogP contribution < -0.4 is 5.32 Å². The zero-order chi connectivity index (χ0) is 17.9. The van der Waals surface area contributed by atoms with E-state index in [4.69, 9.17) is 11.6 Å².